The Balaban J connectivity index is 2.09. The van der Waals surface area contributed by atoms with Crippen molar-refractivity contribution in [2.24, 2.45) is 0 Å². The van der Waals surface area contributed by atoms with E-state index < -0.39 is 8.48 Å². The molecule has 82 valence electrons. The van der Waals surface area contributed by atoms with Gasteiger partial charge in [-0.2, -0.15) is 0 Å². The molecule has 15 heavy (non-hydrogen) atoms. The molecule has 1 aromatic rings. The van der Waals surface area contributed by atoms with E-state index in [9.17, 15) is 0 Å². The average Bonchev–Trinajstić information content (AvgIpc) is 2.26. The minimum Gasteiger partial charge on any atom is -0.402 e. The van der Waals surface area contributed by atoms with Crippen LogP contribution in [0.25, 0.3) is 0 Å². The van der Waals surface area contributed by atoms with Crippen LogP contribution in [0.4, 0.5) is 5.69 Å². The van der Waals surface area contributed by atoms with Gasteiger partial charge in [-0.05, 0) is 30.1 Å². The second-order valence-corrected chi connectivity index (χ2v) is 7.98. The van der Waals surface area contributed by atoms with Gasteiger partial charge in [0.05, 0.1) is 0 Å². The third kappa shape index (κ3) is 1.94. The lowest BCUT2D eigenvalue weighted by Crippen LogP contribution is -2.57. The molecule has 1 N–H and O–H groups in total. The predicted molar refractivity (Wildman–Crippen MR) is 66.3 cm³/mol. The van der Waals surface area contributed by atoms with E-state index in [1.807, 2.05) is 13.2 Å². The molecule has 2 unspecified atom stereocenters. The summed E-state index contributed by atoms with van der Waals surface area (Å²) in [5, 5.41) is 0. The molecular formula is C12H19NOSi. The lowest BCUT2D eigenvalue weighted by Gasteiger charge is -2.46. The fraction of sp³-hybridized carbons (Fsp3) is 0.500. The SMILES string of the molecule is CCC1CC[Si]1(Nc1ccccc1)OC. The summed E-state index contributed by atoms with van der Waals surface area (Å²) in [4.78, 5) is 3.66. The molecule has 0 aromatic heterocycles. The topological polar surface area (TPSA) is 21.3 Å². The summed E-state index contributed by atoms with van der Waals surface area (Å²) in [7, 11) is 0.228. The standard InChI is InChI=1S/C12H19NOSi/c1-3-12-9-10-15(12,14-2)13-11-7-5-4-6-8-11/h4-8,12-13H,3,9-10H2,1-2H3. The summed E-state index contributed by atoms with van der Waals surface area (Å²) < 4.78 is 5.81. The molecule has 1 fully saturated rings. The first kappa shape index (κ1) is 10.7. The van der Waals surface area contributed by atoms with Gasteiger partial charge < -0.3 is 9.41 Å². The first-order chi connectivity index (χ1) is 7.30. The molecule has 1 aliphatic rings. The quantitative estimate of drug-likeness (QED) is 0.787. The van der Waals surface area contributed by atoms with Gasteiger partial charge in [0.15, 0.2) is 0 Å². The summed E-state index contributed by atoms with van der Waals surface area (Å²) in [5.41, 5.74) is 1.99. The van der Waals surface area contributed by atoms with Gasteiger partial charge in [-0.1, -0.05) is 31.5 Å². The van der Waals surface area contributed by atoms with Crippen molar-refractivity contribution in [1.29, 1.82) is 0 Å². The fourth-order valence-electron chi connectivity index (χ4n) is 2.39. The smallest absolute Gasteiger partial charge is 0.301 e. The van der Waals surface area contributed by atoms with Gasteiger partial charge in [-0.3, -0.25) is 0 Å². The molecule has 0 aliphatic carbocycles. The summed E-state index contributed by atoms with van der Waals surface area (Å²) in [5.74, 6) is 0. The first-order valence-corrected chi connectivity index (χ1v) is 7.88. The summed E-state index contributed by atoms with van der Waals surface area (Å²) in [6, 6.07) is 11.7. The molecule has 1 aliphatic heterocycles. The van der Waals surface area contributed by atoms with Crippen LogP contribution in [0, 0.1) is 0 Å². The van der Waals surface area contributed by atoms with Crippen molar-refractivity contribution in [2.75, 3.05) is 12.1 Å². The highest BCUT2D eigenvalue weighted by Gasteiger charge is 2.50. The highest BCUT2D eigenvalue weighted by molar-refractivity contribution is 6.80. The maximum atomic E-state index is 5.81. The van der Waals surface area contributed by atoms with Crippen LogP contribution in [0.1, 0.15) is 19.8 Å². The van der Waals surface area contributed by atoms with E-state index in [-0.39, 0.29) is 0 Å². The number of benzene rings is 1. The average molecular weight is 221 g/mol. The molecule has 0 spiro atoms. The molecule has 0 bridgehead atoms. The molecule has 0 radical (unpaired) electrons. The number of nitrogens with one attached hydrogen (secondary N) is 1. The molecule has 2 nitrogen and oxygen atoms in total. The molecule has 1 saturated heterocycles. The van der Waals surface area contributed by atoms with Crippen molar-refractivity contribution in [3.8, 4) is 0 Å². The lowest BCUT2D eigenvalue weighted by atomic mass is 10.2. The maximum absolute atomic E-state index is 5.81. The summed E-state index contributed by atoms with van der Waals surface area (Å²) >= 11 is 0. The van der Waals surface area contributed by atoms with Crippen LogP contribution in [-0.2, 0) is 4.43 Å². The fourth-order valence-corrected chi connectivity index (χ4v) is 5.90. The Kier molecular flexibility index (Phi) is 3.12. The maximum Gasteiger partial charge on any atom is 0.301 e. The normalized spacial score (nSPS) is 29.6. The zero-order valence-electron chi connectivity index (χ0n) is 9.49. The number of hydrogen-bond acceptors (Lipinski definition) is 2. The van der Waals surface area contributed by atoms with E-state index in [2.05, 4.69) is 36.2 Å². The van der Waals surface area contributed by atoms with Crippen molar-refractivity contribution >= 4 is 14.2 Å². The molecule has 2 atom stereocenters. The number of para-hydroxylation sites is 1. The van der Waals surface area contributed by atoms with Crippen LogP contribution in [0.2, 0.25) is 11.6 Å². The van der Waals surface area contributed by atoms with Gasteiger partial charge >= 0.3 is 8.48 Å². The minimum absolute atomic E-state index is 0.780. The van der Waals surface area contributed by atoms with Crippen molar-refractivity contribution in [3.05, 3.63) is 30.3 Å². The Morgan fingerprint density at radius 2 is 2.13 bits per heavy atom. The minimum atomic E-state index is -1.64. The van der Waals surface area contributed by atoms with Crippen molar-refractivity contribution in [2.45, 2.75) is 31.4 Å². The second-order valence-electron chi connectivity index (χ2n) is 4.23. The molecule has 1 aromatic carbocycles. The van der Waals surface area contributed by atoms with Crippen LogP contribution in [-0.4, -0.2) is 15.6 Å². The Bertz CT molecular complexity index is 311. The number of anilines is 1. The Labute approximate surface area is 92.9 Å². The molecule has 1 heterocycles. The predicted octanol–water partition coefficient (Wildman–Crippen LogP) is 3.37. The third-order valence-corrected chi connectivity index (χ3v) is 8.00. The largest absolute Gasteiger partial charge is 0.402 e. The van der Waals surface area contributed by atoms with E-state index >= 15 is 0 Å². The zero-order chi connectivity index (χ0) is 10.7. The Morgan fingerprint density at radius 1 is 1.40 bits per heavy atom. The number of hydrogen-bond donors (Lipinski definition) is 1. The monoisotopic (exact) mass is 221 g/mol. The first-order valence-electron chi connectivity index (χ1n) is 5.69. The molecule has 2 rings (SSSR count). The number of rotatable bonds is 4. The Morgan fingerprint density at radius 3 is 2.60 bits per heavy atom. The highest BCUT2D eigenvalue weighted by Crippen LogP contribution is 2.45. The summed E-state index contributed by atoms with van der Waals surface area (Å²) in [6.45, 7) is 2.26. The van der Waals surface area contributed by atoms with Crippen molar-refractivity contribution in [3.63, 3.8) is 0 Å². The zero-order valence-corrected chi connectivity index (χ0v) is 10.5. The van der Waals surface area contributed by atoms with E-state index in [0.29, 0.717) is 0 Å². The highest BCUT2D eigenvalue weighted by atomic mass is 28.4. The van der Waals surface area contributed by atoms with Crippen molar-refractivity contribution < 1.29 is 4.43 Å². The Hall–Kier alpha value is -0.803. The van der Waals surface area contributed by atoms with Gasteiger partial charge in [0.1, 0.15) is 0 Å². The van der Waals surface area contributed by atoms with Gasteiger partial charge in [0, 0.05) is 12.8 Å². The second kappa shape index (κ2) is 4.37. The van der Waals surface area contributed by atoms with Gasteiger partial charge in [-0.15, -0.1) is 0 Å². The molecule has 0 amide bonds. The molecule has 3 heteroatoms. The van der Waals surface area contributed by atoms with E-state index in [4.69, 9.17) is 4.43 Å². The van der Waals surface area contributed by atoms with Gasteiger partial charge in [0.25, 0.3) is 0 Å². The summed E-state index contributed by atoms with van der Waals surface area (Å²) in [6.07, 6.45) is 2.57. The molecule has 0 saturated carbocycles. The third-order valence-electron chi connectivity index (χ3n) is 3.51. The van der Waals surface area contributed by atoms with Crippen LogP contribution in [0.3, 0.4) is 0 Å². The van der Waals surface area contributed by atoms with E-state index in [1.165, 1.54) is 24.6 Å². The molecular weight excluding hydrogens is 202 g/mol. The van der Waals surface area contributed by atoms with Crippen molar-refractivity contribution in [1.82, 2.24) is 0 Å². The van der Waals surface area contributed by atoms with E-state index in [1.54, 1.807) is 0 Å². The van der Waals surface area contributed by atoms with Crippen LogP contribution >= 0.6 is 0 Å². The van der Waals surface area contributed by atoms with Crippen LogP contribution < -0.4 is 4.98 Å². The van der Waals surface area contributed by atoms with Crippen LogP contribution in [0.5, 0.6) is 0 Å². The van der Waals surface area contributed by atoms with Gasteiger partial charge in [-0.25, -0.2) is 0 Å². The lowest BCUT2D eigenvalue weighted by molar-refractivity contribution is 0.349. The van der Waals surface area contributed by atoms with E-state index in [0.717, 1.165) is 5.54 Å². The van der Waals surface area contributed by atoms with Crippen LogP contribution in [0.15, 0.2) is 30.3 Å². The van der Waals surface area contributed by atoms with Gasteiger partial charge in [0.2, 0.25) is 0 Å².